The number of ether oxygens (including phenoxy) is 1. The smallest absolute Gasteiger partial charge is 0.244 e. The molecule has 5 nitrogen and oxygen atoms in total. The van der Waals surface area contributed by atoms with Crippen LogP contribution in [0.25, 0.3) is 6.08 Å². The third-order valence-corrected chi connectivity index (χ3v) is 3.40. The van der Waals surface area contributed by atoms with Crippen molar-refractivity contribution in [2.24, 2.45) is 0 Å². The number of carbonyl (C=O) groups is 1. The molecule has 5 heteroatoms. The monoisotopic (exact) mass is 311 g/mol. The summed E-state index contributed by atoms with van der Waals surface area (Å²) in [5.41, 5.74) is 1.88. The number of amides is 1. The molecule has 0 spiro atoms. The van der Waals surface area contributed by atoms with Gasteiger partial charge in [-0.2, -0.15) is 0 Å². The van der Waals surface area contributed by atoms with E-state index in [1.165, 1.54) is 11.6 Å². The first-order valence-electron chi connectivity index (χ1n) is 7.55. The molecule has 1 N–H and O–H groups in total. The lowest BCUT2D eigenvalue weighted by molar-refractivity contribution is -0.117. The summed E-state index contributed by atoms with van der Waals surface area (Å²) in [6, 6.07) is 8.07. The van der Waals surface area contributed by atoms with E-state index in [1.54, 1.807) is 31.8 Å². The van der Waals surface area contributed by atoms with Gasteiger partial charge in [0, 0.05) is 24.5 Å². The van der Waals surface area contributed by atoms with Gasteiger partial charge in [0.1, 0.15) is 5.75 Å². The van der Waals surface area contributed by atoms with E-state index in [2.05, 4.69) is 15.3 Å². The zero-order valence-electron chi connectivity index (χ0n) is 13.4. The molecule has 0 bridgehead atoms. The minimum atomic E-state index is -0.127. The fourth-order valence-electron chi connectivity index (χ4n) is 2.10. The van der Waals surface area contributed by atoms with Gasteiger partial charge in [-0.1, -0.05) is 12.1 Å². The van der Waals surface area contributed by atoms with Gasteiger partial charge in [-0.3, -0.25) is 14.8 Å². The Morgan fingerprint density at radius 1 is 1.30 bits per heavy atom. The van der Waals surface area contributed by atoms with Gasteiger partial charge in [-0.05, 0) is 43.5 Å². The van der Waals surface area contributed by atoms with E-state index in [9.17, 15) is 4.79 Å². The Kier molecular flexibility index (Phi) is 6.29. The van der Waals surface area contributed by atoms with Crippen LogP contribution in [0.5, 0.6) is 5.75 Å². The van der Waals surface area contributed by atoms with Gasteiger partial charge >= 0.3 is 0 Å². The van der Waals surface area contributed by atoms with E-state index in [4.69, 9.17) is 4.74 Å². The van der Waals surface area contributed by atoms with Crippen molar-refractivity contribution in [2.75, 3.05) is 7.11 Å². The number of rotatable bonds is 7. The summed E-state index contributed by atoms with van der Waals surface area (Å²) in [5, 5.41) is 2.94. The second-order valence-electron chi connectivity index (χ2n) is 5.26. The third-order valence-electron chi connectivity index (χ3n) is 3.40. The maximum atomic E-state index is 11.9. The first-order chi connectivity index (χ1) is 11.2. The molecule has 0 radical (unpaired) electrons. The van der Waals surface area contributed by atoms with E-state index < -0.39 is 0 Å². The maximum absolute atomic E-state index is 11.9. The SMILES string of the molecule is COc1ccc(CCC(C)NC(=O)C=Cc2cnccn2)cc1. The highest BCUT2D eigenvalue weighted by Crippen LogP contribution is 2.13. The molecule has 1 aromatic carbocycles. The van der Waals surface area contributed by atoms with E-state index >= 15 is 0 Å². The Bertz CT molecular complexity index is 639. The van der Waals surface area contributed by atoms with Gasteiger partial charge in [0.25, 0.3) is 0 Å². The third kappa shape index (κ3) is 5.90. The number of hydrogen-bond donors (Lipinski definition) is 1. The Labute approximate surface area is 136 Å². The number of aryl methyl sites for hydroxylation is 1. The Morgan fingerprint density at radius 3 is 2.74 bits per heavy atom. The molecule has 0 fully saturated rings. The van der Waals surface area contributed by atoms with Crippen molar-refractivity contribution in [2.45, 2.75) is 25.8 Å². The van der Waals surface area contributed by atoms with Crippen molar-refractivity contribution >= 4 is 12.0 Å². The quantitative estimate of drug-likeness (QED) is 0.798. The second-order valence-corrected chi connectivity index (χ2v) is 5.26. The van der Waals surface area contributed by atoms with Gasteiger partial charge in [-0.25, -0.2) is 0 Å². The van der Waals surface area contributed by atoms with Crippen LogP contribution < -0.4 is 10.1 Å². The van der Waals surface area contributed by atoms with Crippen LogP contribution in [0.4, 0.5) is 0 Å². The number of carbonyl (C=O) groups excluding carboxylic acids is 1. The van der Waals surface area contributed by atoms with Crippen LogP contribution in [0.2, 0.25) is 0 Å². The number of benzene rings is 1. The van der Waals surface area contributed by atoms with E-state index in [1.807, 2.05) is 31.2 Å². The molecule has 2 rings (SSSR count). The van der Waals surface area contributed by atoms with Crippen molar-refractivity contribution in [1.29, 1.82) is 0 Å². The molecule has 0 saturated heterocycles. The molecule has 2 aromatic rings. The first-order valence-corrected chi connectivity index (χ1v) is 7.55. The molecule has 0 aliphatic carbocycles. The van der Waals surface area contributed by atoms with Crippen molar-refractivity contribution in [3.05, 3.63) is 60.2 Å². The molecule has 1 unspecified atom stereocenters. The molecular weight excluding hydrogens is 290 g/mol. The molecular formula is C18H21N3O2. The Hall–Kier alpha value is -2.69. The topological polar surface area (TPSA) is 64.1 Å². The second kappa shape index (κ2) is 8.68. The average molecular weight is 311 g/mol. The van der Waals surface area contributed by atoms with Gasteiger partial charge in [-0.15, -0.1) is 0 Å². The van der Waals surface area contributed by atoms with Crippen LogP contribution in [0, 0.1) is 0 Å². The number of nitrogens with zero attached hydrogens (tertiary/aromatic N) is 2. The summed E-state index contributed by atoms with van der Waals surface area (Å²) in [6.07, 6.45) is 9.70. The molecule has 120 valence electrons. The predicted molar refractivity (Wildman–Crippen MR) is 90.0 cm³/mol. The highest BCUT2D eigenvalue weighted by Gasteiger charge is 2.05. The molecule has 1 amide bonds. The molecule has 1 heterocycles. The molecule has 0 aliphatic heterocycles. The molecule has 0 saturated carbocycles. The van der Waals surface area contributed by atoms with Crippen molar-refractivity contribution in [3.8, 4) is 5.75 Å². The molecule has 0 aliphatic rings. The minimum Gasteiger partial charge on any atom is -0.497 e. The van der Waals surface area contributed by atoms with E-state index in [-0.39, 0.29) is 11.9 Å². The lowest BCUT2D eigenvalue weighted by Crippen LogP contribution is -2.31. The van der Waals surface area contributed by atoms with Gasteiger partial charge in [0.15, 0.2) is 0 Å². The lowest BCUT2D eigenvalue weighted by atomic mass is 10.1. The molecule has 1 aromatic heterocycles. The number of aromatic nitrogens is 2. The summed E-state index contributed by atoms with van der Waals surface area (Å²) in [5.74, 6) is 0.724. The van der Waals surface area contributed by atoms with Crippen LogP contribution >= 0.6 is 0 Å². The largest absolute Gasteiger partial charge is 0.497 e. The summed E-state index contributed by atoms with van der Waals surface area (Å²) in [6.45, 7) is 2.00. The van der Waals surface area contributed by atoms with Gasteiger partial charge in [0.05, 0.1) is 19.0 Å². The number of hydrogen-bond acceptors (Lipinski definition) is 4. The van der Waals surface area contributed by atoms with Crippen LogP contribution in [-0.2, 0) is 11.2 Å². The average Bonchev–Trinajstić information content (AvgIpc) is 2.59. The standard InChI is InChI=1S/C18H21N3O2/c1-14(3-4-15-5-8-17(23-2)9-6-15)21-18(22)10-7-16-13-19-11-12-20-16/h5-14H,3-4H2,1-2H3,(H,21,22). The van der Waals surface area contributed by atoms with Crippen LogP contribution in [0.1, 0.15) is 24.6 Å². The van der Waals surface area contributed by atoms with Crippen molar-refractivity contribution < 1.29 is 9.53 Å². The van der Waals surface area contributed by atoms with Crippen LogP contribution in [0.3, 0.4) is 0 Å². The summed E-state index contributed by atoms with van der Waals surface area (Å²) < 4.78 is 5.14. The summed E-state index contributed by atoms with van der Waals surface area (Å²) in [7, 11) is 1.65. The fourth-order valence-corrected chi connectivity index (χ4v) is 2.10. The zero-order chi connectivity index (χ0) is 16.5. The Morgan fingerprint density at radius 2 is 2.09 bits per heavy atom. The predicted octanol–water partition coefficient (Wildman–Crippen LogP) is 2.64. The molecule has 1 atom stereocenters. The van der Waals surface area contributed by atoms with Crippen molar-refractivity contribution in [3.63, 3.8) is 0 Å². The highest BCUT2D eigenvalue weighted by molar-refractivity contribution is 5.91. The highest BCUT2D eigenvalue weighted by atomic mass is 16.5. The van der Waals surface area contributed by atoms with Gasteiger partial charge in [0.2, 0.25) is 5.91 Å². The normalized spacial score (nSPS) is 12.1. The fraction of sp³-hybridized carbons (Fsp3) is 0.278. The summed E-state index contributed by atoms with van der Waals surface area (Å²) in [4.78, 5) is 19.9. The summed E-state index contributed by atoms with van der Waals surface area (Å²) >= 11 is 0. The van der Waals surface area contributed by atoms with Crippen LogP contribution in [-0.4, -0.2) is 29.0 Å². The first kappa shape index (κ1) is 16.7. The lowest BCUT2D eigenvalue weighted by Gasteiger charge is -2.12. The van der Waals surface area contributed by atoms with Crippen LogP contribution in [0.15, 0.2) is 48.9 Å². The van der Waals surface area contributed by atoms with Gasteiger partial charge < -0.3 is 10.1 Å². The minimum absolute atomic E-state index is 0.0936. The van der Waals surface area contributed by atoms with Crippen molar-refractivity contribution in [1.82, 2.24) is 15.3 Å². The van der Waals surface area contributed by atoms with E-state index in [0.717, 1.165) is 18.6 Å². The number of nitrogens with one attached hydrogen (secondary N) is 1. The molecule has 23 heavy (non-hydrogen) atoms. The maximum Gasteiger partial charge on any atom is 0.244 e. The van der Waals surface area contributed by atoms with E-state index in [0.29, 0.717) is 5.69 Å². The zero-order valence-corrected chi connectivity index (χ0v) is 13.4. The number of methoxy groups -OCH3 is 1. The Balaban J connectivity index is 1.76.